The first kappa shape index (κ1) is 25.9. The zero-order chi connectivity index (χ0) is 23.7. The van der Waals surface area contributed by atoms with E-state index in [2.05, 4.69) is 16.9 Å². The normalized spacial score (nSPS) is 11.0. The Labute approximate surface area is 206 Å². The Morgan fingerprint density at radius 3 is 1.47 bits per heavy atom. The quantitative estimate of drug-likeness (QED) is 0.189. The third-order valence-corrected chi connectivity index (χ3v) is 6.17. The van der Waals surface area contributed by atoms with Gasteiger partial charge in [-0.05, 0) is 30.7 Å². The Morgan fingerprint density at radius 2 is 1.03 bits per heavy atom. The molecule has 0 aromatic carbocycles. The highest BCUT2D eigenvalue weighted by Gasteiger charge is 2.09. The second kappa shape index (κ2) is 16.0. The molecule has 182 valence electrons. The lowest BCUT2D eigenvalue weighted by Gasteiger charge is -2.10. The molecule has 0 amide bonds. The van der Waals surface area contributed by atoms with Crippen LogP contribution in [0.15, 0.2) is 60.9 Å². The first-order valence-electron chi connectivity index (χ1n) is 13.3. The number of hydrogen-bond donors (Lipinski definition) is 0. The van der Waals surface area contributed by atoms with Gasteiger partial charge >= 0.3 is 0 Å². The van der Waals surface area contributed by atoms with Crippen molar-refractivity contribution in [1.29, 1.82) is 0 Å². The summed E-state index contributed by atoms with van der Waals surface area (Å²) in [7, 11) is 0. The minimum Gasteiger partial charge on any atom is -0.493 e. The number of ether oxygens (including phenoxy) is 1. The maximum Gasteiger partial charge on any atom is 0.123 e. The van der Waals surface area contributed by atoms with Crippen molar-refractivity contribution in [1.82, 2.24) is 15.0 Å². The molecule has 0 saturated heterocycles. The highest BCUT2D eigenvalue weighted by Crippen LogP contribution is 2.26. The van der Waals surface area contributed by atoms with Gasteiger partial charge in [0.05, 0.1) is 29.4 Å². The Balaban J connectivity index is 1.37. The molecule has 3 aromatic heterocycles. The minimum atomic E-state index is 0.727. The van der Waals surface area contributed by atoms with Crippen LogP contribution < -0.4 is 4.74 Å². The van der Waals surface area contributed by atoms with E-state index in [4.69, 9.17) is 9.72 Å². The molecule has 0 unspecified atom stereocenters. The van der Waals surface area contributed by atoms with Gasteiger partial charge in [0.25, 0.3) is 0 Å². The topological polar surface area (TPSA) is 47.9 Å². The van der Waals surface area contributed by atoms with Crippen molar-refractivity contribution in [2.45, 2.75) is 90.4 Å². The van der Waals surface area contributed by atoms with E-state index in [9.17, 15) is 0 Å². The van der Waals surface area contributed by atoms with Gasteiger partial charge in [0.15, 0.2) is 0 Å². The van der Waals surface area contributed by atoms with Crippen LogP contribution in [0.3, 0.4) is 0 Å². The molecule has 0 spiro atoms. The number of aromatic nitrogens is 3. The average Bonchev–Trinajstić information content (AvgIpc) is 2.90. The van der Waals surface area contributed by atoms with E-state index in [-0.39, 0.29) is 0 Å². The summed E-state index contributed by atoms with van der Waals surface area (Å²) in [4.78, 5) is 13.7. The highest BCUT2D eigenvalue weighted by molar-refractivity contribution is 5.64. The highest BCUT2D eigenvalue weighted by atomic mass is 16.5. The molecule has 0 radical (unpaired) electrons. The van der Waals surface area contributed by atoms with Crippen molar-refractivity contribution in [2.24, 2.45) is 0 Å². The fraction of sp³-hybridized carbons (Fsp3) is 0.500. The van der Waals surface area contributed by atoms with Gasteiger partial charge in [0.2, 0.25) is 0 Å². The zero-order valence-electron chi connectivity index (χ0n) is 20.9. The zero-order valence-corrected chi connectivity index (χ0v) is 20.9. The molecule has 0 aliphatic carbocycles. The van der Waals surface area contributed by atoms with E-state index in [1.54, 1.807) is 12.4 Å². The second-order valence-electron chi connectivity index (χ2n) is 9.09. The largest absolute Gasteiger partial charge is 0.493 e. The maximum atomic E-state index is 6.13. The summed E-state index contributed by atoms with van der Waals surface area (Å²) in [6.07, 6.45) is 21.2. The third kappa shape index (κ3) is 9.62. The summed E-state index contributed by atoms with van der Waals surface area (Å²) in [5.74, 6) is 0.829. The van der Waals surface area contributed by atoms with E-state index in [0.717, 1.165) is 41.6 Å². The van der Waals surface area contributed by atoms with Crippen LogP contribution in [0.1, 0.15) is 90.4 Å². The van der Waals surface area contributed by atoms with Crippen molar-refractivity contribution in [3.63, 3.8) is 0 Å². The van der Waals surface area contributed by atoms with Crippen LogP contribution in [-0.4, -0.2) is 21.6 Å². The first-order chi connectivity index (χ1) is 16.9. The van der Waals surface area contributed by atoms with E-state index < -0.39 is 0 Å². The molecule has 4 nitrogen and oxygen atoms in total. The van der Waals surface area contributed by atoms with Crippen molar-refractivity contribution < 1.29 is 4.74 Å². The van der Waals surface area contributed by atoms with Crippen molar-refractivity contribution in [3.8, 4) is 28.5 Å². The average molecular weight is 460 g/mol. The summed E-state index contributed by atoms with van der Waals surface area (Å²) >= 11 is 0. The van der Waals surface area contributed by atoms with Crippen LogP contribution in [0.5, 0.6) is 5.75 Å². The van der Waals surface area contributed by atoms with Gasteiger partial charge in [-0.15, -0.1) is 0 Å². The van der Waals surface area contributed by atoms with Crippen LogP contribution in [0.25, 0.3) is 22.8 Å². The lowest BCUT2D eigenvalue weighted by atomic mass is 10.0. The summed E-state index contributed by atoms with van der Waals surface area (Å²) in [5.41, 5.74) is 3.30. The summed E-state index contributed by atoms with van der Waals surface area (Å²) in [5, 5.41) is 0. The summed E-state index contributed by atoms with van der Waals surface area (Å²) in [6, 6.07) is 15.7. The molecular weight excluding hydrogens is 418 g/mol. The standard InChI is InChI=1S/C30H41N3O/c1-2-3-4-5-6-7-8-9-10-11-12-13-18-23-34-26-24-29(27-19-14-16-21-31-27)33-30(25-26)28-20-15-17-22-32-28/h14-17,19-22,24-25H,2-13,18,23H2,1H3. The first-order valence-corrected chi connectivity index (χ1v) is 13.3. The van der Waals surface area contributed by atoms with Crippen LogP contribution in [-0.2, 0) is 0 Å². The van der Waals surface area contributed by atoms with Gasteiger partial charge in [-0.3, -0.25) is 9.97 Å². The van der Waals surface area contributed by atoms with Crippen LogP contribution in [0.2, 0.25) is 0 Å². The Morgan fingerprint density at radius 1 is 0.559 bits per heavy atom. The van der Waals surface area contributed by atoms with Crippen LogP contribution in [0, 0.1) is 0 Å². The smallest absolute Gasteiger partial charge is 0.123 e. The Bertz CT molecular complexity index is 857. The van der Waals surface area contributed by atoms with Crippen molar-refractivity contribution in [3.05, 3.63) is 60.9 Å². The number of hydrogen-bond acceptors (Lipinski definition) is 4. The fourth-order valence-corrected chi connectivity index (χ4v) is 4.19. The Kier molecular flexibility index (Phi) is 12.2. The molecule has 34 heavy (non-hydrogen) atoms. The fourth-order valence-electron chi connectivity index (χ4n) is 4.19. The summed E-state index contributed by atoms with van der Waals surface area (Å²) in [6.45, 7) is 3.01. The SMILES string of the molecule is CCCCCCCCCCCCCCCOc1cc(-c2ccccn2)nc(-c2ccccn2)c1. The van der Waals surface area contributed by atoms with Crippen LogP contribution in [0.4, 0.5) is 0 Å². The molecular formula is C30H41N3O. The van der Waals surface area contributed by atoms with Gasteiger partial charge in [0.1, 0.15) is 5.75 Å². The van der Waals surface area contributed by atoms with Gasteiger partial charge in [0, 0.05) is 24.5 Å². The van der Waals surface area contributed by atoms with E-state index in [1.807, 2.05) is 48.5 Å². The lowest BCUT2D eigenvalue weighted by molar-refractivity contribution is 0.304. The molecule has 3 rings (SSSR count). The molecule has 0 aliphatic heterocycles. The number of rotatable bonds is 17. The lowest BCUT2D eigenvalue weighted by Crippen LogP contribution is -2.00. The molecule has 0 N–H and O–H groups in total. The number of unbranched alkanes of at least 4 members (excludes halogenated alkanes) is 12. The van der Waals surface area contributed by atoms with E-state index >= 15 is 0 Å². The molecule has 4 heteroatoms. The predicted molar refractivity (Wildman–Crippen MR) is 142 cm³/mol. The molecule has 0 saturated carbocycles. The second-order valence-corrected chi connectivity index (χ2v) is 9.09. The third-order valence-electron chi connectivity index (χ3n) is 6.17. The van der Waals surface area contributed by atoms with E-state index in [1.165, 1.54) is 77.0 Å². The monoisotopic (exact) mass is 459 g/mol. The molecule has 3 heterocycles. The molecule has 0 atom stereocenters. The van der Waals surface area contributed by atoms with E-state index in [0.29, 0.717) is 0 Å². The predicted octanol–water partition coefficient (Wildman–Crippen LogP) is 8.68. The number of nitrogens with zero attached hydrogens (tertiary/aromatic N) is 3. The number of pyridine rings is 3. The van der Waals surface area contributed by atoms with Crippen molar-refractivity contribution >= 4 is 0 Å². The van der Waals surface area contributed by atoms with Gasteiger partial charge < -0.3 is 4.74 Å². The van der Waals surface area contributed by atoms with Crippen LogP contribution >= 0.6 is 0 Å². The molecule has 3 aromatic rings. The maximum absolute atomic E-state index is 6.13. The van der Waals surface area contributed by atoms with Gasteiger partial charge in [-0.2, -0.15) is 0 Å². The van der Waals surface area contributed by atoms with Crippen molar-refractivity contribution in [2.75, 3.05) is 6.61 Å². The molecule has 0 bridgehead atoms. The molecule has 0 aliphatic rings. The summed E-state index contributed by atoms with van der Waals surface area (Å²) < 4.78 is 6.13. The minimum absolute atomic E-state index is 0.727. The Hall–Kier alpha value is -2.75. The van der Waals surface area contributed by atoms with Gasteiger partial charge in [-0.25, -0.2) is 4.98 Å². The molecule has 0 fully saturated rings. The van der Waals surface area contributed by atoms with Gasteiger partial charge in [-0.1, -0.05) is 96.1 Å².